The van der Waals surface area contributed by atoms with Crippen LogP contribution in [0.15, 0.2) is 66.7 Å². The molecule has 2 aromatic carbocycles. The number of hydrogen-bond acceptors (Lipinski definition) is 3. The Morgan fingerprint density at radius 2 is 1.64 bits per heavy atom. The van der Waals surface area contributed by atoms with Crippen molar-refractivity contribution >= 4 is 23.4 Å². The van der Waals surface area contributed by atoms with Crippen LogP contribution in [0.3, 0.4) is 0 Å². The van der Waals surface area contributed by atoms with Crippen molar-refractivity contribution in [2.45, 2.75) is 19.5 Å². The molecule has 142 valence electrons. The molecule has 0 aliphatic carbocycles. The van der Waals surface area contributed by atoms with Crippen molar-refractivity contribution in [2.24, 2.45) is 0 Å². The number of fused-ring (bicyclic) bond motifs is 1. The van der Waals surface area contributed by atoms with Crippen LogP contribution in [0.5, 0.6) is 0 Å². The number of carbonyl (C=O) groups is 2. The van der Waals surface area contributed by atoms with Crippen molar-refractivity contribution in [3.05, 3.63) is 78.0 Å². The number of nitrogens with one attached hydrogen (secondary N) is 2. The first-order valence-electron chi connectivity index (χ1n) is 9.19. The predicted octanol–water partition coefficient (Wildman–Crippen LogP) is 3.11. The smallest absolute Gasteiger partial charge is 0.324 e. The molecule has 1 aromatic heterocycles. The summed E-state index contributed by atoms with van der Waals surface area (Å²) >= 11 is 0. The molecule has 0 unspecified atom stereocenters. The second-order valence-corrected chi connectivity index (χ2v) is 6.67. The lowest BCUT2D eigenvalue weighted by Crippen LogP contribution is -2.39. The number of anilines is 2. The molecule has 1 aliphatic rings. The van der Waals surface area contributed by atoms with Crippen molar-refractivity contribution in [3.8, 4) is 0 Å². The molecule has 0 saturated carbocycles. The van der Waals surface area contributed by atoms with E-state index in [1.54, 1.807) is 0 Å². The minimum atomic E-state index is -0.348. The van der Waals surface area contributed by atoms with Crippen LogP contribution in [0.1, 0.15) is 11.3 Å². The summed E-state index contributed by atoms with van der Waals surface area (Å²) in [7, 11) is 0. The lowest BCUT2D eigenvalue weighted by molar-refractivity contribution is -0.132. The third kappa shape index (κ3) is 4.20. The Balaban J connectivity index is 1.36. The summed E-state index contributed by atoms with van der Waals surface area (Å²) in [4.78, 5) is 26.5. The molecule has 28 heavy (non-hydrogen) atoms. The summed E-state index contributed by atoms with van der Waals surface area (Å²) in [5, 5.41) is 9.92. The summed E-state index contributed by atoms with van der Waals surface area (Å²) in [6.07, 6.45) is 0.388. The van der Waals surface area contributed by atoms with Gasteiger partial charge in [-0.15, -0.1) is 0 Å². The van der Waals surface area contributed by atoms with Gasteiger partial charge in [0.1, 0.15) is 0 Å². The number of rotatable bonds is 4. The van der Waals surface area contributed by atoms with Gasteiger partial charge in [-0.1, -0.05) is 48.5 Å². The van der Waals surface area contributed by atoms with Crippen LogP contribution in [0.2, 0.25) is 0 Å². The molecule has 2 heterocycles. The fraction of sp³-hybridized carbons (Fsp3) is 0.190. The van der Waals surface area contributed by atoms with Crippen molar-refractivity contribution in [2.75, 3.05) is 17.2 Å². The van der Waals surface area contributed by atoms with Gasteiger partial charge in [0.25, 0.3) is 0 Å². The average molecular weight is 375 g/mol. The normalized spacial score (nSPS) is 12.9. The van der Waals surface area contributed by atoms with E-state index >= 15 is 0 Å². The average Bonchev–Trinajstić information content (AvgIpc) is 3.10. The molecule has 1 aliphatic heterocycles. The highest BCUT2D eigenvalue weighted by molar-refractivity contribution is 5.99. The molecular formula is C21H21N5O2. The maximum Gasteiger partial charge on any atom is 0.324 e. The fourth-order valence-corrected chi connectivity index (χ4v) is 3.22. The summed E-state index contributed by atoms with van der Waals surface area (Å²) in [5.41, 5.74) is 2.62. The molecule has 3 aromatic rings. The summed E-state index contributed by atoms with van der Waals surface area (Å²) in [6, 6.07) is 20.4. The van der Waals surface area contributed by atoms with Gasteiger partial charge in [-0.2, -0.15) is 5.10 Å². The molecule has 2 N–H and O–H groups in total. The molecule has 0 fully saturated rings. The first-order valence-corrected chi connectivity index (χ1v) is 9.19. The lowest BCUT2D eigenvalue weighted by Gasteiger charge is -2.27. The summed E-state index contributed by atoms with van der Waals surface area (Å²) in [5.74, 6) is 0.566. The monoisotopic (exact) mass is 375 g/mol. The standard InChI is InChI=1S/C21H21N5O2/c27-20(13-16-7-3-1-4-8-16)25-11-12-26-18(15-25)14-19(24-26)23-21(28)22-17-9-5-2-6-10-17/h1-10,14H,11-13,15H2,(H2,22,23,24,28). The van der Waals surface area contributed by atoms with Crippen LogP contribution < -0.4 is 10.6 Å². The van der Waals surface area contributed by atoms with Crippen LogP contribution in [0, 0.1) is 0 Å². The highest BCUT2D eigenvalue weighted by Crippen LogP contribution is 2.18. The zero-order valence-electron chi connectivity index (χ0n) is 15.3. The molecule has 7 nitrogen and oxygen atoms in total. The van der Waals surface area contributed by atoms with Gasteiger partial charge in [-0.05, 0) is 17.7 Å². The summed E-state index contributed by atoms with van der Waals surface area (Å²) in [6.45, 7) is 1.70. The third-order valence-electron chi connectivity index (χ3n) is 4.62. The van der Waals surface area contributed by atoms with Gasteiger partial charge in [0, 0.05) is 18.3 Å². The Labute approximate surface area is 163 Å². The number of hydrogen-bond donors (Lipinski definition) is 2. The van der Waals surface area contributed by atoms with E-state index < -0.39 is 0 Å². The van der Waals surface area contributed by atoms with Gasteiger partial charge < -0.3 is 10.2 Å². The van der Waals surface area contributed by atoms with Crippen molar-refractivity contribution in [1.29, 1.82) is 0 Å². The number of benzene rings is 2. The van der Waals surface area contributed by atoms with Crippen LogP contribution in [0.25, 0.3) is 0 Å². The number of aromatic nitrogens is 2. The Bertz CT molecular complexity index is 969. The number of urea groups is 1. The zero-order chi connectivity index (χ0) is 19.3. The van der Waals surface area contributed by atoms with E-state index in [0.717, 1.165) is 11.3 Å². The number of carbonyl (C=O) groups excluding carboxylic acids is 2. The fourth-order valence-electron chi connectivity index (χ4n) is 3.22. The predicted molar refractivity (Wildman–Crippen MR) is 107 cm³/mol. The number of amides is 3. The van der Waals surface area contributed by atoms with Gasteiger partial charge in [0.2, 0.25) is 5.91 Å². The quantitative estimate of drug-likeness (QED) is 0.735. The Morgan fingerprint density at radius 3 is 2.39 bits per heavy atom. The molecule has 0 atom stereocenters. The zero-order valence-corrected chi connectivity index (χ0v) is 15.3. The van der Waals surface area contributed by atoms with Gasteiger partial charge in [-0.3, -0.25) is 14.8 Å². The largest absolute Gasteiger partial charge is 0.335 e. The van der Waals surface area contributed by atoms with Gasteiger partial charge >= 0.3 is 6.03 Å². The maximum atomic E-state index is 12.6. The summed E-state index contributed by atoms with van der Waals surface area (Å²) < 4.78 is 1.84. The second kappa shape index (κ2) is 7.96. The molecule has 4 rings (SSSR count). The van der Waals surface area contributed by atoms with Crippen molar-refractivity contribution < 1.29 is 9.59 Å². The minimum absolute atomic E-state index is 0.0926. The third-order valence-corrected chi connectivity index (χ3v) is 4.62. The first-order chi connectivity index (χ1) is 13.7. The Kier molecular flexibility index (Phi) is 5.05. The maximum absolute atomic E-state index is 12.6. The van der Waals surface area contributed by atoms with Crippen LogP contribution in [0.4, 0.5) is 16.3 Å². The highest BCUT2D eigenvalue weighted by Gasteiger charge is 2.22. The molecule has 0 spiro atoms. The van der Waals surface area contributed by atoms with Gasteiger partial charge in [0.05, 0.1) is 25.2 Å². The van der Waals surface area contributed by atoms with Crippen LogP contribution >= 0.6 is 0 Å². The molecule has 7 heteroatoms. The van der Waals surface area contributed by atoms with Gasteiger partial charge in [0.15, 0.2) is 5.82 Å². The second-order valence-electron chi connectivity index (χ2n) is 6.67. The number of para-hydroxylation sites is 1. The van der Waals surface area contributed by atoms with E-state index in [0.29, 0.717) is 37.6 Å². The Hall–Kier alpha value is -3.61. The molecule has 0 saturated heterocycles. The molecule has 0 bridgehead atoms. The topological polar surface area (TPSA) is 79.3 Å². The van der Waals surface area contributed by atoms with E-state index in [2.05, 4.69) is 15.7 Å². The first kappa shape index (κ1) is 17.8. The van der Waals surface area contributed by atoms with E-state index in [1.807, 2.05) is 76.3 Å². The molecular weight excluding hydrogens is 354 g/mol. The Morgan fingerprint density at radius 1 is 0.929 bits per heavy atom. The van der Waals surface area contributed by atoms with E-state index in [1.165, 1.54) is 0 Å². The molecule has 3 amide bonds. The van der Waals surface area contributed by atoms with Crippen LogP contribution in [-0.4, -0.2) is 33.2 Å². The van der Waals surface area contributed by atoms with E-state index in [4.69, 9.17) is 0 Å². The van der Waals surface area contributed by atoms with E-state index in [9.17, 15) is 9.59 Å². The minimum Gasteiger partial charge on any atom is -0.335 e. The lowest BCUT2D eigenvalue weighted by atomic mass is 10.1. The SMILES string of the molecule is O=C(Nc1ccccc1)Nc1cc2n(n1)CCN(C(=O)Cc1ccccc1)C2. The van der Waals surface area contributed by atoms with Gasteiger partial charge in [-0.25, -0.2) is 4.79 Å². The van der Waals surface area contributed by atoms with E-state index in [-0.39, 0.29) is 11.9 Å². The highest BCUT2D eigenvalue weighted by atomic mass is 16.2. The number of nitrogens with zero attached hydrogens (tertiary/aromatic N) is 3. The van der Waals surface area contributed by atoms with Crippen molar-refractivity contribution in [3.63, 3.8) is 0 Å². The molecule has 0 radical (unpaired) electrons. The van der Waals surface area contributed by atoms with Crippen LogP contribution in [-0.2, 0) is 24.3 Å². The van der Waals surface area contributed by atoms with Crippen molar-refractivity contribution in [1.82, 2.24) is 14.7 Å².